The van der Waals surface area contributed by atoms with Crippen molar-refractivity contribution >= 4 is 34.9 Å². The number of carbonyl (C=O) groups is 1. The van der Waals surface area contributed by atoms with E-state index in [1.165, 1.54) is 26.3 Å². The number of aromatic nitrogens is 2. The highest BCUT2D eigenvalue weighted by Gasteiger charge is 2.32. The Labute approximate surface area is 156 Å². The minimum absolute atomic E-state index is 0.0112. The molecule has 0 spiro atoms. The molecule has 0 N–H and O–H groups in total. The number of rotatable bonds is 6. The Morgan fingerprint density at radius 3 is 2.38 bits per heavy atom. The number of methoxy groups -OCH3 is 1. The molecule has 0 fully saturated rings. The first-order valence-corrected chi connectivity index (χ1v) is 7.95. The molecule has 26 heavy (non-hydrogen) atoms. The summed E-state index contributed by atoms with van der Waals surface area (Å²) < 4.78 is 44.6. The lowest BCUT2D eigenvalue weighted by Gasteiger charge is -2.22. The number of hydroxylamine groups is 1. The highest BCUT2D eigenvalue weighted by Crippen LogP contribution is 2.38. The third-order valence-corrected chi connectivity index (χ3v) is 3.76. The van der Waals surface area contributed by atoms with Gasteiger partial charge in [0.1, 0.15) is 5.69 Å². The van der Waals surface area contributed by atoms with Crippen LogP contribution in [0.15, 0.2) is 24.4 Å². The maximum atomic E-state index is 12.9. The molecule has 2 rings (SSSR count). The zero-order valence-corrected chi connectivity index (χ0v) is 15.2. The van der Waals surface area contributed by atoms with Gasteiger partial charge in [-0.15, -0.1) is 0 Å². The molecule has 0 saturated carbocycles. The summed E-state index contributed by atoms with van der Waals surface area (Å²) in [6, 6.07) is 2.90. The molecule has 0 saturated heterocycles. The van der Waals surface area contributed by atoms with Gasteiger partial charge in [-0.05, 0) is 12.1 Å². The topological polar surface area (TPSA) is 56.6 Å². The molecule has 1 aromatic heterocycles. The van der Waals surface area contributed by atoms with Crippen molar-refractivity contribution in [1.29, 1.82) is 0 Å². The average molecular weight is 412 g/mol. The summed E-state index contributed by atoms with van der Waals surface area (Å²) >= 11 is 12.0. The minimum atomic E-state index is -4.60. The lowest BCUT2D eigenvalue weighted by Crippen LogP contribution is -2.32. The lowest BCUT2D eigenvalue weighted by atomic mass is 10.2. The summed E-state index contributed by atoms with van der Waals surface area (Å²) in [5.74, 6) is -0.362. The van der Waals surface area contributed by atoms with Gasteiger partial charge in [-0.3, -0.25) is 9.63 Å². The molecule has 1 amide bonds. The molecule has 0 radical (unpaired) electrons. The maximum Gasteiger partial charge on any atom is 0.416 e. The first-order chi connectivity index (χ1) is 12.2. The van der Waals surface area contributed by atoms with E-state index in [2.05, 4.69) is 5.10 Å². The van der Waals surface area contributed by atoms with E-state index in [0.29, 0.717) is 0 Å². The van der Waals surface area contributed by atoms with Crippen molar-refractivity contribution in [2.75, 3.05) is 25.4 Å². The SMILES string of the molecule is COCCON(C(C)=O)c1ccnn1-c1c(Cl)cc(C(F)(F)F)cc1Cl. The number of nitrogens with zero attached hydrogens (tertiary/aromatic N) is 3. The molecule has 0 atom stereocenters. The van der Waals surface area contributed by atoms with Crippen LogP contribution in [-0.4, -0.2) is 36.0 Å². The predicted octanol–water partition coefficient (Wildman–Crippen LogP) is 4.13. The van der Waals surface area contributed by atoms with Crippen molar-refractivity contribution < 1.29 is 27.5 Å². The Hall–Kier alpha value is -1.81. The number of amides is 1. The lowest BCUT2D eigenvalue weighted by molar-refractivity contribution is -0.137. The minimum Gasteiger partial charge on any atom is -0.382 e. The summed E-state index contributed by atoms with van der Waals surface area (Å²) in [5.41, 5.74) is -1.01. The van der Waals surface area contributed by atoms with E-state index in [4.69, 9.17) is 32.8 Å². The molecule has 1 aromatic carbocycles. The third-order valence-electron chi connectivity index (χ3n) is 3.18. The van der Waals surface area contributed by atoms with Gasteiger partial charge in [-0.1, -0.05) is 23.2 Å². The number of alkyl halides is 3. The van der Waals surface area contributed by atoms with Gasteiger partial charge in [-0.25, -0.2) is 4.68 Å². The van der Waals surface area contributed by atoms with Crippen LogP contribution in [0.5, 0.6) is 0 Å². The highest BCUT2D eigenvalue weighted by atomic mass is 35.5. The number of benzene rings is 1. The number of hydrogen-bond acceptors (Lipinski definition) is 4. The Bertz CT molecular complexity index is 773. The van der Waals surface area contributed by atoms with Crippen molar-refractivity contribution in [3.63, 3.8) is 0 Å². The predicted molar refractivity (Wildman–Crippen MR) is 89.6 cm³/mol. The normalized spacial score (nSPS) is 11.7. The van der Waals surface area contributed by atoms with Crippen LogP contribution in [0.25, 0.3) is 5.69 Å². The molecule has 142 valence electrons. The summed E-state index contributed by atoms with van der Waals surface area (Å²) in [5, 5.41) is 4.36. The molecule has 11 heteroatoms. The first-order valence-electron chi connectivity index (χ1n) is 7.20. The Balaban J connectivity index is 2.48. The molecule has 0 unspecified atom stereocenters. The maximum absolute atomic E-state index is 12.9. The Kier molecular flexibility index (Phi) is 6.51. The molecule has 1 heterocycles. The second kappa shape index (κ2) is 8.26. The van der Waals surface area contributed by atoms with E-state index < -0.39 is 17.6 Å². The Morgan fingerprint density at radius 1 is 1.27 bits per heavy atom. The second-order valence-corrected chi connectivity index (χ2v) is 5.84. The van der Waals surface area contributed by atoms with Crippen molar-refractivity contribution in [2.24, 2.45) is 0 Å². The van der Waals surface area contributed by atoms with Crippen LogP contribution in [-0.2, 0) is 20.5 Å². The van der Waals surface area contributed by atoms with Crippen LogP contribution in [0.2, 0.25) is 10.0 Å². The second-order valence-electron chi connectivity index (χ2n) is 5.03. The summed E-state index contributed by atoms with van der Waals surface area (Å²) in [6.45, 7) is 1.54. The molecule has 6 nitrogen and oxygen atoms in total. The highest BCUT2D eigenvalue weighted by molar-refractivity contribution is 6.38. The molecule has 2 aromatic rings. The summed E-state index contributed by atoms with van der Waals surface area (Å²) in [7, 11) is 1.47. The fourth-order valence-electron chi connectivity index (χ4n) is 2.08. The van der Waals surface area contributed by atoms with Gasteiger partial charge in [-0.2, -0.15) is 23.3 Å². The summed E-state index contributed by atoms with van der Waals surface area (Å²) in [6.07, 6.45) is -3.28. The van der Waals surface area contributed by atoms with Gasteiger partial charge in [0.2, 0.25) is 5.91 Å². The monoisotopic (exact) mass is 411 g/mol. The smallest absolute Gasteiger partial charge is 0.382 e. The van der Waals surface area contributed by atoms with Gasteiger partial charge >= 0.3 is 6.18 Å². The quantitative estimate of drug-likeness (QED) is 0.529. The molecule has 0 aliphatic rings. The van der Waals surface area contributed by atoms with E-state index in [1.807, 2.05) is 0 Å². The number of anilines is 1. The van der Waals surface area contributed by atoms with Crippen LogP contribution in [0.3, 0.4) is 0 Å². The average Bonchev–Trinajstić information content (AvgIpc) is 2.98. The number of hydrogen-bond donors (Lipinski definition) is 0. The van der Waals surface area contributed by atoms with Gasteiger partial charge in [0.15, 0.2) is 5.82 Å². The van der Waals surface area contributed by atoms with E-state index in [1.54, 1.807) is 0 Å². The van der Waals surface area contributed by atoms with Crippen LogP contribution < -0.4 is 5.06 Å². The Morgan fingerprint density at radius 2 is 1.88 bits per heavy atom. The molecule has 0 aliphatic heterocycles. The number of halogens is 5. The standard InChI is InChI=1S/C15H14Cl2F3N3O3/c1-9(24)23(26-6-5-25-2)13-3-4-21-22(13)14-11(16)7-10(8-12(14)17)15(18,19)20/h3-4,7-8H,5-6H2,1-2H3. The van der Waals surface area contributed by atoms with Crippen LogP contribution >= 0.6 is 23.2 Å². The fourth-order valence-corrected chi connectivity index (χ4v) is 2.73. The third kappa shape index (κ3) is 4.47. The van der Waals surface area contributed by atoms with Crippen LogP contribution in [0.1, 0.15) is 12.5 Å². The first kappa shape index (κ1) is 20.5. The molecule has 0 aliphatic carbocycles. The fraction of sp³-hybridized carbons (Fsp3) is 0.333. The largest absolute Gasteiger partial charge is 0.416 e. The molecule has 0 bridgehead atoms. The van der Waals surface area contributed by atoms with E-state index in [9.17, 15) is 18.0 Å². The summed E-state index contributed by atoms with van der Waals surface area (Å²) in [4.78, 5) is 17.2. The van der Waals surface area contributed by atoms with E-state index in [0.717, 1.165) is 21.9 Å². The van der Waals surface area contributed by atoms with E-state index >= 15 is 0 Å². The van der Waals surface area contributed by atoms with Crippen molar-refractivity contribution in [2.45, 2.75) is 13.1 Å². The van der Waals surface area contributed by atoms with Gasteiger partial charge in [0, 0.05) is 20.1 Å². The zero-order chi connectivity index (χ0) is 19.5. The molecular weight excluding hydrogens is 398 g/mol. The van der Waals surface area contributed by atoms with Gasteiger partial charge in [0.25, 0.3) is 0 Å². The van der Waals surface area contributed by atoms with Crippen molar-refractivity contribution in [3.05, 3.63) is 40.0 Å². The van der Waals surface area contributed by atoms with Crippen LogP contribution in [0.4, 0.5) is 19.0 Å². The van der Waals surface area contributed by atoms with Crippen LogP contribution in [0, 0.1) is 0 Å². The zero-order valence-electron chi connectivity index (χ0n) is 13.7. The van der Waals surface area contributed by atoms with E-state index in [-0.39, 0.29) is 34.8 Å². The van der Waals surface area contributed by atoms with Gasteiger partial charge < -0.3 is 4.74 Å². The number of carbonyl (C=O) groups excluding carboxylic acids is 1. The number of ether oxygens (including phenoxy) is 1. The van der Waals surface area contributed by atoms with Gasteiger partial charge in [0.05, 0.1) is 35.0 Å². The van der Waals surface area contributed by atoms with Crippen molar-refractivity contribution in [3.8, 4) is 5.69 Å². The molecular formula is C15H14Cl2F3N3O3. The van der Waals surface area contributed by atoms with Crippen molar-refractivity contribution in [1.82, 2.24) is 9.78 Å².